The molecule has 0 aromatic heterocycles. The van der Waals surface area contributed by atoms with Crippen LogP contribution in [0.25, 0.3) is 0 Å². The largest absolute Gasteiger partial charge is 0.395 e. The van der Waals surface area contributed by atoms with Crippen molar-refractivity contribution >= 4 is 0 Å². The molecule has 0 aliphatic rings. The molecule has 0 fully saturated rings. The third kappa shape index (κ3) is 3.02. The molecule has 16 heavy (non-hydrogen) atoms. The van der Waals surface area contributed by atoms with E-state index in [9.17, 15) is 4.39 Å². The van der Waals surface area contributed by atoms with Gasteiger partial charge in [0.05, 0.1) is 12.2 Å². The fourth-order valence-corrected chi connectivity index (χ4v) is 1.47. The summed E-state index contributed by atoms with van der Waals surface area (Å²) in [6, 6.07) is 6.19. The Hall–Kier alpha value is -1.44. The van der Waals surface area contributed by atoms with Crippen molar-refractivity contribution in [1.82, 2.24) is 5.32 Å². The van der Waals surface area contributed by atoms with Crippen LogP contribution in [0.5, 0.6) is 0 Å². The van der Waals surface area contributed by atoms with Crippen LogP contribution in [0.4, 0.5) is 4.39 Å². The second kappa shape index (κ2) is 5.59. The van der Waals surface area contributed by atoms with Gasteiger partial charge >= 0.3 is 0 Å². The van der Waals surface area contributed by atoms with Crippen molar-refractivity contribution in [3.8, 4) is 6.07 Å². The zero-order chi connectivity index (χ0) is 12.1. The lowest BCUT2D eigenvalue weighted by Crippen LogP contribution is -2.31. The van der Waals surface area contributed by atoms with Gasteiger partial charge < -0.3 is 10.4 Å². The third-order valence-corrected chi connectivity index (χ3v) is 2.42. The first-order valence-electron chi connectivity index (χ1n) is 5.15. The fourth-order valence-electron chi connectivity index (χ4n) is 1.47. The Kier molecular flexibility index (Phi) is 4.41. The van der Waals surface area contributed by atoms with E-state index < -0.39 is 5.82 Å². The molecule has 0 spiro atoms. The number of nitrogens with zero attached hydrogens (tertiary/aromatic N) is 1. The molecule has 0 saturated heterocycles. The second-order valence-electron chi connectivity index (χ2n) is 3.82. The van der Waals surface area contributed by atoms with Crippen molar-refractivity contribution in [2.45, 2.75) is 25.9 Å². The van der Waals surface area contributed by atoms with Gasteiger partial charge in [-0.2, -0.15) is 5.26 Å². The third-order valence-electron chi connectivity index (χ3n) is 2.42. The van der Waals surface area contributed by atoms with Crippen LogP contribution in [0.2, 0.25) is 0 Å². The molecule has 0 radical (unpaired) electrons. The van der Waals surface area contributed by atoms with Crippen LogP contribution in [-0.4, -0.2) is 17.8 Å². The highest BCUT2D eigenvalue weighted by atomic mass is 19.1. The van der Waals surface area contributed by atoms with E-state index in [1.165, 1.54) is 12.1 Å². The predicted octanol–water partition coefficient (Wildman–Crippen LogP) is 1.73. The molecule has 1 aromatic rings. The molecule has 0 bridgehead atoms. The van der Waals surface area contributed by atoms with Gasteiger partial charge in [-0.05, 0) is 31.5 Å². The van der Waals surface area contributed by atoms with E-state index in [1.807, 2.05) is 13.8 Å². The SMILES string of the molecule is CC(CO)NC(C)c1ccc(C#N)c(F)c1. The van der Waals surface area contributed by atoms with Crippen LogP contribution >= 0.6 is 0 Å². The van der Waals surface area contributed by atoms with E-state index in [0.717, 1.165) is 5.56 Å². The Labute approximate surface area is 94.5 Å². The molecular formula is C12H15FN2O. The molecular weight excluding hydrogens is 207 g/mol. The van der Waals surface area contributed by atoms with Crippen molar-refractivity contribution in [2.75, 3.05) is 6.61 Å². The number of nitrogens with one attached hydrogen (secondary N) is 1. The number of hydrogen-bond donors (Lipinski definition) is 2. The zero-order valence-corrected chi connectivity index (χ0v) is 9.37. The highest BCUT2D eigenvalue weighted by Gasteiger charge is 2.11. The lowest BCUT2D eigenvalue weighted by atomic mass is 10.1. The Balaban J connectivity index is 2.81. The summed E-state index contributed by atoms with van der Waals surface area (Å²) in [5.41, 5.74) is 0.808. The van der Waals surface area contributed by atoms with Crippen LogP contribution in [0.3, 0.4) is 0 Å². The number of benzene rings is 1. The number of nitriles is 1. The lowest BCUT2D eigenvalue weighted by Gasteiger charge is -2.18. The summed E-state index contributed by atoms with van der Waals surface area (Å²) in [5, 5.41) is 20.6. The highest BCUT2D eigenvalue weighted by molar-refractivity contribution is 5.34. The first kappa shape index (κ1) is 12.6. The topological polar surface area (TPSA) is 56.0 Å². The van der Waals surface area contributed by atoms with Gasteiger partial charge in [0.1, 0.15) is 11.9 Å². The molecule has 0 heterocycles. The molecule has 86 valence electrons. The van der Waals surface area contributed by atoms with Crippen molar-refractivity contribution in [3.05, 3.63) is 35.1 Å². The van der Waals surface area contributed by atoms with Gasteiger partial charge in [0.25, 0.3) is 0 Å². The second-order valence-corrected chi connectivity index (χ2v) is 3.82. The summed E-state index contributed by atoms with van der Waals surface area (Å²) in [5.74, 6) is -0.509. The van der Waals surface area contributed by atoms with Crippen molar-refractivity contribution in [1.29, 1.82) is 5.26 Å². The maximum atomic E-state index is 13.3. The van der Waals surface area contributed by atoms with Gasteiger partial charge in [-0.1, -0.05) is 6.07 Å². The van der Waals surface area contributed by atoms with Crippen LogP contribution < -0.4 is 5.32 Å². The first-order chi connectivity index (χ1) is 7.58. The minimum atomic E-state index is -0.509. The number of hydrogen-bond acceptors (Lipinski definition) is 3. The first-order valence-corrected chi connectivity index (χ1v) is 5.15. The van der Waals surface area contributed by atoms with Gasteiger partial charge in [0.2, 0.25) is 0 Å². The molecule has 4 heteroatoms. The molecule has 1 aromatic carbocycles. The monoisotopic (exact) mass is 222 g/mol. The molecule has 2 N–H and O–H groups in total. The van der Waals surface area contributed by atoms with Crippen molar-refractivity contribution < 1.29 is 9.50 Å². The van der Waals surface area contributed by atoms with Crippen molar-refractivity contribution in [2.24, 2.45) is 0 Å². The predicted molar refractivity (Wildman–Crippen MR) is 59.2 cm³/mol. The highest BCUT2D eigenvalue weighted by Crippen LogP contribution is 2.16. The smallest absolute Gasteiger partial charge is 0.141 e. The number of aliphatic hydroxyl groups excluding tert-OH is 1. The minimum Gasteiger partial charge on any atom is -0.395 e. The van der Waals surface area contributed by atoms with E-state index in [0.29, 0.717) is 0 Å². The average molecular weight is 222 g/mol. The van der Waals surface area contributed by atoms with Gasteiger partial charge in [0, 0.05) is 12.1 Å². The van der Waals surface area contributed by atoms with Crippen LogP contribution in [-0.2, 0) is 0 Å². The Morgan fingerprint density at radius 1 is 1.50 bits per heavy atom. The van der Waals surface area contributed by atoms with Crippen molar-refractivity contribution in [3.63, 3.8) is 0 Å². The molecule has 1 rings (SSSR count). The Bertz CT molecular complexity index is 400. The van der Waals surface area contributed by atoms with E-state index in [-0.39, 0.29) is 24.3 Å². The van der Waals surface area contributed by atoms with Crippen LogP contribution in [0.15, 0.2) is 18.2 Å². The molecule has 0 aliphatic heterocycles. The van der Waals surface area contributed by atoms with E-state index in [4.69, 9.17) is 10.4 Å². The summed E-state index contributed by atoms with van der Waals surface area (Å²) in [7, 11) is 0. The molecule has 3 nitrogen and oxygen atoms in total. The molecule has 2 atom stereocenters. The standard InChI is InChI=1S/C12H15FN2O/c1-8(7-16)15-9(2)10-3-4-11(6-14)12(13)5-10/h3-5,8-9,15-16H,7H2,1-2H3. The van der Waals surface area contributed by atoms with Gasteiger partial charge in [-0.3, -0.25) is 0 Å². The molecule has 0 saturated carbocycles. The van der Waals surface area contributed by atoms with Gasteiger partial charge in [0.15, 0.2) is 0 Å². The normalized spacial score (nSPS) is 14.2. The Morgan fingerprint density at radius 3 is 2.69 bits per heavy atom. The van der Waals surface area contributed by atoms with E-state index >= 15 is 0 Å². The van der Waals surface area contributed by atoms with Gasteiger partial charge in [-0.15, -0.1) is 0 Å². The number of rotatable bonds is 4. The summed E-state index contributed by atoms with van der Waals surface area (Å²) < 4.78 is 13.3. The molecule has 0 aliphatic carbocycles. The van der Waals surface area contributed by atoms with E-state index in [1.54, 1.807) is 12.1 Å². The quantitative estimate of drug-likeness (QED) is 0.815. The number of halogens is 1. The zero-order valence-electron chi connectivity index (χ0n) is 9.37. The minimum absolute atomic E-state index is 0.0309. The van der Waals surface area contributed by atoms with E-state index in [2.05, 4.69) is 5.32 Å². The Morgan fingerprint density at radius 2 is 2.19 bits per heavy atom. The van der Waals surface area contributed by atoms with Crippen LogP contribution in [0.1, 0.15) is 31.0 Å². The lowest BCUT2D eigenvalue weighted by molar-refractivity contribution is 0.243. The molecule has 0 amide bonds. The maximum Gasteiger partial charge on any atom is 0.141 e. The molecule has 2 unspecified atom stereocenters. The average Bonchev–Trinajstić information content (AvgIpc) is 2.28. The maximum absolute atomic E-state index is 13.3. The van der Waals surface area contributed by atoms with Gasteiger partial charge in [-0.25, -0.2) is 4.39 Å². The number of aliphatic hydroxyl groups is 1. The summed E-state index contributed by atoms with van der Waals surface area (Å²) in [6.45, 7) is 3.76. The fraction of sp³-hybridized carbons (Fsp3) is 0.417. The summed E-state index contributed by atoms with van der Waals surface area (Å²) in [6.07, 6.45) is 0. The summed E-state index contributed by atoms with van der Waals surface area (Å²) >= 11 is 0. The summed E-state index contributed by atoms with van der Waals surface area (Å²) in [4.78, 5) is 0. The van der Waals surface area contributed by atoms with Crippen LogP contribution in [0, 0.1) is 17.1 Å².